The number of hydrogen-bond donors (Lipinski definition) is 8. The first-order valence-electron chi connectivity index (χ1n) is 16.1. The van der Waals surface area contributed by atoms with Crippen molar-refractivity contribution in [3.05, 3.63) is 89.4 Å². The zero-order chi connectivity index (χ0) is 34.9. The molecule has 4 aromatic heterocycles. The molecule has 8 N–H and O–H groups in total. The fourth-order valence-corrected chi connectivity index (χ4v) is 6.96. The van der Waals surface area contributed by atoms with Crippen LogP contribution in [0.5, 0.6) is 0 Å². The predicted molar refractivity (Wildman–Crippen MR) is 178 cm³/mol. The first-order valence-corrected chi connectivity index (χ1v) is 16.1. The Hall–Kier alpha value is -5.26. The molecule has 0 unspecified atom stereocenters. The molecule has 1 aliphatic rings. The molecular weight excluding hydrogens is 616 g/mol. The monoisotopic (exact) mass is 658 g/mol. The van der Waals surface area contributed by atoms with Crippen molar-refractivity contribution in [1.29, 1.82) is 0 Å². The van der Waals surface area contributed by atoms with Crippen LogP contribution in [0.4, 0.5) is 0 Å². The topological polar surface area (TPSA) is 212 Å². The molecule has 0 amide bonds. The van der Waals surface area contributed by atoms with Gasteiger partial charge >= 0.3 is 23.9 Å². The van der Waals surface area contributed by atoms with Gasteiger partial charge in [-0.3, -0.25) is 19.2 Å². The molecule has 48 heavy (non-hydrogen) atoms. The van der Waals surface area contributed by atoms with Crippen molar-refractivity contribution >= 4 is 36.0 Å². The van der Waals surface area contributed by atoms with Crippen molar-refractivity contribution < 1.29 is 39.6 Å². The van der Waals surface area contributed by atoms with E-state index in [1.165, 1.54) is 0 Å². The van der Waals surface area contributed by atoms with Crippen molar-refractivity contribution in [1.82, 2.24) is 19.9 Å². The maximum Gasteiger partial charge on any atom is 0.303 e. The third-order valence-corrected chi connectivity index (χ3v) is 9.68. The van der Waals surface area contributed by atoms with Crippen LogP contribution in [-0.4, -0.2) is 64.2 Å². The van der Waals surface area contributed by atoms with Crippen LogP contribution in [0, 0.1) is 27.7 Å². The van der Waals surface area contributed by atoms with Crippen LogP contribution in [0.25, 0.3) is 12.2 Å². The van der Waals surface area contributed by atoms with E-state index in [1.807, 2.05) is 39.8 Å². The Kier molecular flexibility index (Phi) is 9.83. The molecule has 5 heterocycles. The SMILES string of the molecule is Cc1c2[nH]c(c1CCC(=O)O)/C=c1\[nH]/c(c(CCC(=O)O)c1C)=C\c1[nH]c(c(CCC(=O)O)c1C)Cc1[nH]c(c(CCC(=O)O)c1C)C2. The number of aromatic nitrogens is 4. The average molecular weight is 659 g/mol. The maximum atomic E-state index is 11.6. The molecule has 4 aromatic rings. The lowest BCUT2D eigenvalue weighted by molar-refractivity contribution is -0.138. The molecule has 0 fully saturated rings. The lowest BCUT2D eigenvalue weighted by Gasteiger charge is -2.06. The molecule has 0 atom stereocenters. The lowest BCUT2D eigenvalue weighted by atomic mass is 9.98. The molecule has 5 rings (SSSR count). The van der Waals surface area contributed by atoms with Gasteiger partial charge in [-0.1, -0.05) is 0 Å². The Morgan fingerprint density at radius 1 is 0.479 bits per heavy atom. The van der Waals surface area contributed by atoms with E-state index in [9.17, 15) is 39.6 Å². The van der Waals surface area contributed by atoms with Crippen molar-refractivity contribution in [3.63, 3.8) is 0 Å². The molecule has 8 bridgehead atoms. The molecule has 1 aliphatic heterocycles. The van der Waals surface area contributed by atoms with Crippen LogP contribution in [0.15, 0.2) is 0 Å². The average Bonchev–Trinajstić information content (AvgIpc) is 3.66. The Morgan fingerprint density at radius 3 is 1.46 bits per heavy atom. The fourth-order valence-electron chi connectivity index (χ4n) is 6.96. The Labute approximate surface area is 276 Å². The highest BCUT2D eigenvalue weighted by molar-refractivity contribution is 5.70. The number of carbonyl (C=O) groups is 4. The number of aromatic amines is 4. The standard InChI is InChI=1S/C36H42N4O8/c1-17-21(5-9-33(41)42)29-14-26-19(3)23(7-11-35(45)46)31(39-26)16-28-20(4)24(8-12-36(47)48)32(40-28)15-27-18(2)22(6-10-34(43)44)30(38-27)13-25(17)37-29/h13-14,37-40H,5-12,15-16H2,1-4H3,(H,41,42)(H,43,44)(H,45,46)(H,47,48)/b25-13-,29-14-. The molecule has 0 radical (unpaired) electrons. The second kappa shape index (κ2) is 13.8. The van der Waals surface area contributed by atoms with Crippen LogP contribution >= 0.6 is 0 Å². The summed E-state index contributed by atoms with van der Waals surface area (Å²) in [4.78, 5) is 60.6. The zero-order valence-electron chi connectivity index (χ0n) is 27.6. The lowest BCUT2D eigenvalue weighted by Crippen LogP contribution is -2.13. The summed E-state index contributed by atoms with van der Waals surface area (Å²) in [6.45, 7) is 7.80. The summed E-state index contributed by atoms with van der Waals surface area (Å²) in [6.07, 6.45) is 5.78. The van der Waals surface area contributed by atoms with E-state index < -0.39 is 23.9 Å². The number of aliphatic carboxylic acids is 4. The second-order valence-corrected chi connectivity index (χ2v) is 12.7. The van der Waals surface area contributed by atoms with E-state index in [-0.39, 0.29) is 25.7 Å². The largest absolute Gasteiger partial charge is 0.481 e. The van der Waals surface area contributed by atoms with Gasteiger partial charge < -0.3 is 40.4 Å². The third-order valence-electron chi connectivity index (χ3n) is 9.68. The molecule has 0 spiro atoms. The number of hydrogen-bond acceptors (Lipinski definition) is 4. The second-order valence-electron chi connectivity index (χ2n) is 12.7. The number of nitrogens with one attached hydrogen (secondary N) is 4. The molecule has 254 valence electrons. The molecule has 0 aromatic carbocycles. The fraction of sp³-hybridized carbons (Fsp3) is 0.389. The van der Waals surface area contributed by atoms with Gasteiger partial charge in [0.1, 0.15) is 0 Å². The van der Waals surface area contributed by atoms with Gasteiger partial charge in [-0.05, 0) is 110 Å². The van der Waals surface area contributed by atoms with Gasteiger partial charge in [-0.25, -0.2) is 0 Å². The summed E-state index contributed by atoms with van der Waals surface area (Å²) in [5.41, 5.74) is 12.2. The van der Waals surface area contributed by atoms with Crippen LogP contribution in [-0.2, 0) is 57.7 Å². The molecule has 12 heteroatoms. The number of fused-ring (bicyclic) bond motifs is 8. The summed E-state index contributed by atoms with van der Waals surface area (Å²) in [6, 6.07) is 0. The summed E-state index contributed by atoms with van der Waals surface area (Å²) in [5, 5.41) is 39.6. The van der Waals surface area contributed by atoms with E-state index >= 15 is 0 Å². The van der Waals surface area contributed by atoms with E-state index in [2.05, 4.69) is 19.9 Å². The van der Waals surface area contributed by atoms with Gasteiger partial charge in [0.05, 0.1) is 0 Å². The Balaban J connectivity index is 1.81. The van der Waals surface area contributed by atoms with E-state index in [0.717, 1.165) is 89.4 Å². The van der Waals surface area contributed by atoms with Gasteiger partial charge in [-0.15, -0.1) is 0 Å². The van der Waals surface area contributed by atoms with Crippen LogP contribution in [0.2, 0.25) is 0 Å². The van der Waals surface area contributed by atoms with Crippen molar-refractivity contribution in [2.45, 2.75) is 91.9 Å². The first-order chi connectivity index (χ1) is 22.7. The van der Waals surface area contributed by atoms with Gasteiger partial charge in [0.25, 0.3) is 0 Å². The third kappa shape index (κ3) is 7.17. The van der Waals surface area contributed by atoms with Crippen molar-refractivity contribution in [3.8, 4) is 0 Å². The van der Waals surface area contributed by atoms with Gasteiger partial charge in [0.15, 0.2) is 0 Å². The normalized spacial score (nSPS) is 13.8. The highest BCUT2D eigenvalue weighted by Crippen LogP contribution is 2.30. The van der Waals surface area contributed by atoms with Crippen molar-refractivity contribution in [2.24, 2.45) is 0 Å². The minimum atomic E-state index is -0.913. The van der Waals surface area contributed by atoms with E-state index in [0.29, 0.717) is 38.5 Å². The van der Waals surface area contributed by atoms with E-state index in [1.54, 1.807) is 0 Å². The minimum Gasteiger partial charge on any atom is -0.481 e. The number of carboxylic acid groups (broad SMARTS) is 4. The summed E-state index contributed by atoms with van der Waals surface area (Å²) >= 11 is 0. The highest BCUT2D eigenvalue weighted by atomic mass is 16.4. The predicted octanol–water partition coefficient (Wildman–Crippen LogP) is 3.45. The minimum absolute atomic E-state index is 0.0409. The van der Waals surface area contributed by atoms with Crippen LogP contribution in [0.1, 0.15) is 104 Å². The number of rotatable bonds is 12. The van der Waals surface area contributed by atoms with Crippen LogP contribution < -0.4 is 10.7 Å². The van der Waals surface area contributed by atoms with E-state index in [4.69, 9.17) is 0 Å². The maximum absolute atomic E-state index is 11.6. The highest BCUT2D eigenvalue weighted by Gasteiger charge is 2.23. The Morgan fingerprint density at radius 2 is 0.896 bits per heavy atom. The van der Waals surface area contributed by atoms with Gasteiger partial charge in [0.2, 0.25) is 0 Å². The summed E-state index contributed by atoms with van der Waals surface area (Å²) < 4.78 is 0. The summed E-state index contributed by atoms with van der Waals surface area (Å²) in [7, 11) is 0. The molecule has 0 saturated carbocycles. The first kappa shape index (κ1) is 34.1. The molecule has 12 nitrogen and oxygen atoms in total. The van der Waals surface area contributed by atoms with Crippen molar-refractivity contribution in [2.75, 3.05) is 0 Å². The quantitative estimate of drug-likeness (QED) is 0.0992. The zero-order valence-corrected chi connectivity index (χ0v) is 27.6. The number of carboxylic acids is 4. The Bertz CT molecular complexity index is 2050. The van der Waals surface area contributed by atoms with Crippen LogP contribution in [0.3, 0.4) is 0 Å². The van der Waals surface area contributed by atoms with Gasteiger partial charge in [0, 0.05) is 83.4 Å². The molecule has 0 aliphatic carbocycles. The molecule has 0 saturated heterocycles. The summed E-state index contributed by atoms with van der Waals surface area (Å²) in [5.74, 6) is -3.62. The van der Waals surface area contributed by atoms with Gasteiger partial charge in [-0.2, -0.15) is 0 Å². The smallest absolute Gasteiger partial charge is 0.303 e. The number of H-pyrrole nitrogens is 4. The molecular formula is C36H42N4O8.